The van der Waals surface area contributed by atoms with Crippen LogP contribution in [0.4, 0.5) is 11.5 Å². The van der Waals surface area contributed by atoms with E-state index in [1.54, 1.807) is 6.20 Å². The molecule has 2 aromatic rings. The molecule has 21 heavy (non-hydrogen) atoms. The molecule has 0 radical (unpaired) electrons. The maximum Gasteiger partial charge on any atom is 0.328 e. The minimum absolute atomic E-state index is 0.766. The molecule has 0 aliphatic heterocycles. The first-order valence-corrected chi connectivity index (χ1v) is 6.82. The van der Waals surface area contributed by atoms with Crippen LogP contribution >= 0.6 is 0 Å². The summed E-state index contributed by atoms with van der Waals surface area (Å²) in [5.41, 5.74) is 3.08. The number of benzene rings is 1. The number of aryl methyl sites for hydroxylation is 1. The number of aromatic nitrogens is 1. The maximum absolute atomic E-state index is 10.5. The first kappa shape index (κ1) is 14.8. The molecule has 0 spiro atoms. The van der Waals surface area contributed by atoms with E-state index in [9.17, 15) is 4.79 Å². The Kier molecular flexibility index (Phi) is 4.72. The highest BCUT2D eigenvalue weighted by Gasteiger charge is 2.10. The fourth-order valence-corrected chi connectivity index (χ4v) is 2.15. The van der Waals surface area contributed by atoms with Crippen molar-refractivity contribution in [3.05, 3.63) is 59.8 Å². The zero-order chi connectivity index (χ0) is 15.2. The third kappa shape index (κ3) is 3.69. The Bertz CT molecular complexity index is 648. The summed E-state index contributed by atoms with van der Waals surface area (Å²) < 4.78 is 0. The molecular weight excluding hydrogens is 264 g/mol. The lowest BCUT2D eigenvalue weighted by Gasteiger charge is -2.23. The lowest BCUT2D eigenvalue weighted by molar-refractivity contribution is -0.131. The number of aliphatic carboxylic acids is 1. The van der Waals surface area contributed by atoms with Crippen LogP contribution in [0, 0.1) is 6.92 Å². The van der Waals surface area contributed by atoms with Crippen LogP contribution in [0.1, 0.15) is 18.1 Å². The van der Waals surface area contributed by atoms with E-state index in [4.69, 9.17) is 5.11 Å². The van der Waals surface area contributed by atoms with Gasteiger partial charge in [-0.15, -0.1) is 0 Å². The lowest BCUT2D eigenvalue weighted by Crippen LogP contribution is -2.18. The predicted molar refractivity (Wildman–Crippen MR) is 84.8 cm³/mol. The summed E-state index contributed by atoms with van der Waals surface area (Å²) in [6.45, 7) is 4.95. The molecular formula is C17H18N2O2. The van der Waals surface area contributed by atoms with Gasteiger partial charge in [0.1, 0.15) is 5.82 Å². The topological polar surface area (TPSA) is 53.4 Å². The van der Waals surface area contributed by atoms with Crippen molar-refractivity contribution in [3.63, 3.8) is 0 Å². The van der Waals surface area contributed by atoms with Crippen LogP contribution in [0.3, 0.4) is 0 Å². The van der Waals surface area contributed by atoms with Crippen LogP contribution in [0.2, 0.25) is 0 Å². The summed E-state index contributed by atoms with van der Waals surface area (Å²) in [6, 6.07) is 11.9. The molecule has 1 aromatic heterocycles. The van der Waals surface area contributed by atoms with Crippen molar-refractivity contribution in [1.29, 1.82) is 0 Å². The van der Waals surface area contributed by atoms with E-state index in [-0.39, 0.29) is 0 Å². The fraction of sp³-hybridized carbons (Fsp3) is 0.176. The van der Waals surface area contributed by atoms with Gasteiger partial charge < -0.3 is 10.0 Å². The van der Waals surface area contributed by atoms with E-state index in [2.05, 4.69) is 35.9 Å². The highest BCUT2D eigenvalue weighted by atomic mass is 16.4. The third-order valence-electron chi connectivity index (χ3n) is 3.19. The van der Waals surface area contributed by atoms with Gasteiger partial charge in [-0.1, -0.05) is 18.2 Å². The van der Waals surface area contributed by atoms with Gasteiger partial charge in [0.25, 0.3) is 0 Å². The van der Waals surface area contributed by atoms with Crippen molar-refractivity contribution in [1.82, 2.24) is 4.98 Å². The van der Waals surface area contributed by atoms with Gasteiger partial charge in [-0.2, -0.15) is 0 Å². The Balaban J connectivity index is 2.28. The first-order valence-electron chi connectivity index (χ1n) is 6.82. The molecule has 4 nitrogen and oxygen atoms in total. The molecule has 4 heteroatoms. The Morgan fingerprint density at radius 3 is 2.62 bits per heavy atom. The average Bonchev–Trinajstić information content (AvgIpc) is 2.49. The zero-order valence-corrected chi connectivity index (χ0v) is 12.2. The van der Waals surface area contributed by atoms with Crippen LogP contribution in [0.25, 0.3) is 6.08 Å². The van der Waals surface area contributed by atoms with Crippen molar-refractivity contribution in [2.75, 3.05) is 11.4 Å². The normalized spacial score (nSPS) is 10.8. The van der Waals surface area contributed by atoms with Crippen molar-refractivity contribution in [2.24, 2.45) is 0 Å². The second-order valence-electron chi connectivity index (χ2n) is 4.65. The Morgan fingerprint density at radius 2 is 2.05 bits per heavy atom. The minimum atomic E-state index is -0.964. The highest BCUT2D eigenvalue weighted by Crippen LogP contribution is 2.26. The SMILES string of the molecule is CCN(c1ccc(/C=C/C(=O)O)cn1)c1ccccc1C. The third-order valence-corrected chi connectivity index (χ3v) is 3.19. The predicted octanol–water partition coefficient (Wildman–Crippen LogP) is 3.65. The number of anilines is 2. The van der Waals surface area contributed by atoms with E-state index in [1.165, 1.54) is 11.6 Å². The molecule has 1 heterocycles. The lowest BCUT2D eigenvalue weighted by atomic mass is 10.1. The van der Waals surface area contributed by atoms with Gasteiger partial charge in [0.15, 0.2) is 0 Å². The molecule has 0 bridgehead atoms. The average molecular weight is 282 g/mol. The first-order chi connectivity index (χ1) is 10.1. The van der Waals surface area contributed by atoms with Crippen LogP contribution in [0.15, 0.2) is 48.7 Å². The number of hydrogen-bond donors (Lipinski definition) is 1. The van der Waals surface area contributed by atoms with Crippen LogP contribution in [-0.4, -0.2) is 22.6 Å². The molecule has 0 atom stereocenters. The van der Waals surface area contributed by atoms with Crippen molar-refractivity contribution in [3.8, 4) is 0 Å². The number of nitrogens with zero attached hydrogens (tertiary/aromatic N) is 2. The van der Waals surface area contributed by atoms with Gasteiger partial charge in [0.05, 0.1) is 0 Å². The van der Waals surface area contributed by atoms with Gasteiger partial charge in [-0.3, -0.25) is 0 Å². The zero-order valence-electron chi connectivity index (χ0n) is 12.2. The summed E-state index contributed by atoms with van der Waals surface area (Å²) >= 11 is 0. The van der Waals surface area contributed by atoms with Crippen LogP contribution < -0.4 is 4.90 Å². The molecule has 2 rings (SSSR count). The quantitative estimate of drug-likeness (QED) is 0.851. The summed E-state index contributed by atoms with van der Waals surface area (Å²) in [6.07, 6.45) is 4.31. The fourth-order valence-electron chi connectivity index (χ4n) is 2.15. The van der Waals surface area contributed by atoms with Gasteiger partial charge in [-0.25, -0.2) is 9.78 Å². The molecule has 0 aliphatic carbocycles. The van der Waals surface area contributed by atoms with Crippen LogP contribution in [0.5, 0.6) is 0 Å². The summed E-state index contributed by atoms with van der Waals surface area (Å²) in [5, 5.41) is 8.62. The van der Waals surface area contributed by atoms with Crippen molar-refractivity contribution in [2.45, 2.75) is 13.8 Å². The minimum Gasteiger partial charge on any atom is -0.478 e. The summed E-state index contributed by atoms with van der Waals surface area (Å²) in [4.78, 5) is 17.1. The Labute approximate surface area is 124 Å². The maximum atomic E-state index is 10.5. The standard InChI is InChI=1S/C17H18N2O2/c1-3-19(15-7-5-4-6-13(15)2)16-10-8-14(12-18-16)9-11-17(20)21/h4-12H,3H2,1-2H3,(H,20,21)/b11-9+. The van der Waals surface area contributed by atoms with E-state index < -0.39 is 5.97 Å². The van der Waals surface area contributed by atoms with Gasteiger partial charge in [0, 0.05) is 24.5 Å². The molecule has 1 aromatic carbocycles. The van der Waals surface area contributed by atoms with E-state index in [1.807, 2.05) is 24.3 Å². The molecule has 108 valence electrons. The number of hydrogen-bond acceptors (Lipinski definition) is 3. The Morgan fingerprint density at radius 1 is 1.29 bits per heavy atom. The van der Waals surface area contributed by atoms with Crippen molar-refractivity contribution < 1.29 is 9.90 Å². The van der Waals surface area contributed by atoms with Gasteiger partial charge in [0.2, 0.25) is 0 Å². The highest BCUT2D eigenvalue weighted by molar-refractivity contribution is 5.85. The smallest absolute Gasteiger partial charge is 0.328 e. The number of para-hydroxylation sites is 1. The van der Waals surface area contributed by atoms with Crippen LogP contribution in [-0.2, 0) is 4.79 Å². The van der Waals surface area contributed by atoms with Crippen molar-refractivity contribution >= 4 is 23.6 Å². The molecule has 0 amide bonds. The number of rotatable bonds is 5. The summed E-state index contributed by atoms with van der Waals surface area (Å²) in [7, 11) is 0. The number of carboxylic acids is 1. The molecule has 0 unspecified atom stereocenters. The van der Waals surface area contributed by atoms with Gasteiger partial charge >= 0.3 is 5.97 Å². The molecule has 0 saturated heterocycles. The van der Waals surface area contributed by atoms with E-state index in [0.717, 1.165) is 29.7 Å². The number of carbonyl (C=O) groups is 1. The monoisotopic (exact) mass is 282 g/mol. The molecule has 0 aliphatic rings. The van der Waals surface area contributed by atoms with Gasteiger partial charge in [-0.05, 0) is 49.2 Å². The molecule has 0 saturated carbocycles. The largest absolute Gasteiger partial charge is 0.478 e. The second-order valence-corrected chi connectivity index (χ2v) is 4.65. The van der Waals surface area contributed by atoms with E-state index in [0.29, 0.717) is 0 Å². The molecule has 1 N–H and O–H groups in total. The second kappa shape index (κ2) is 6.70. The number of pyridine rings is 1. The summed E-state index contributed by atoms with van der Waals surface area (Å²) in [5.74, 6) is -0.117. The van der Waals surface area contributed by atoms with E-state index >= 15 is 0 Å². The molecule has 0 fully saturated rings. The number of carboxylic acid groups (broad SMARTS) is 1. The Hall–Kier alpha value is -2.62.